The zero-order chi connectivity index (χ0) is 17.5. The summed E-state index contributed by atoms with van der Waals surface area (Å²) in [6.45, 7) is 0.459. The number of benzene rings is 2. The van der Waals surface area contributed by atoms with Crippen LogP contribution in [0.3, 0.4) is 0 Å². The van der Waals surface area contributed by atoms with E-state index in [1.807, 2.05) is 66.8 Å². The molecule has 0 spiro atoms. The largest absolute Gasteiger partial charge is 0.351 e. The van der Waals surface area contributed by atoms with Crippen molar-refractivity contribution in [3.05, 3.63) is 108 Å². The molecule has 126 valence electrons. The second-order valence-corrected chi connectivity index (χ2v) is 6.51. The molecule has 25 heavy (non-hydrogen) atoms. The Morgan fingerprint density at radius 1 is 1.08 bits per heavy atom. The highest BCUT2D eigenvalue weighted by Gasteiger charge is 2.25. The molecule has 1 unspecified atom stereocenters. The minimum absolute atomic E-state index is 0.0158. The second kappa shape index (κ2) is 8.11. The first-order valence-corrected chi connectivity index (χ1v) is 8.56. The fraction of sp³-hybridized carbons (Fsp3) is 0.136. The molecule has 0 saturated heterocycles. The van der Waals surface area contributed by atoms with Crippen LogP contribution in [-0.2, 0) is 11.3 Å². The first-order valence-electron chi connectivity index (χ1n) is 8.18. The second-order valence-electron chi connectivity index (χ2n) is 5.87. The highest BCUT2D eigenvalue weighted by molar-refractivity contribution is 6.24. The van der Waals surface area contributed by atoms with E-state index in [9.17, 15) is 4.79 Å². The summed E-state index contributed by atoms with van der Waals surface area (Å²) in [6.07, 6.45) is 9.64. The van der Waals surface area contributed by atoms with Crippen LogP contribution in [0, 0.1) is 0 Å². The summed E-state index contributed by atoms with van der Waals surface area (Å²) in [6, 6.07) is 19.1. The molecule has 0 aromatic heterocycles. The third-order valence-corrected chi connectivity index (χ3v) is 4.34. The molecule has 3 heteroatoms. The topological polar surface area (TPSA) is 26.3 Å². The van der Waals surface area contributed by atoms with Crippen molar-refractivity contribution in [2.24, 2.45) is 0 Å². The van der Waals surface area contributed by atoms with Crippen molar-refractivity contribution >= 4 is 17.4 Å². The molecule has 3 rings (SSSR count). The van der Waals surface area contributed by atoms with Gasteiger partial charge in [-0.3, -0.25) is 4.79 Å². The molecule has 0 heterocycles. The highest BCUT2D eigenvalue weighted by Crippen LogP contribution is 2.30. The van der Waals surface area contributed by atoms with E-state index in [1.165, 1.54) is 0 Å². The van der Waals surface area contributed by atoms with Crippen molar-refractivity contribution < 1.29 is 9.53 Å². The predicted molar refractivity (Wildman–Crippen MR) is 102 cm³/mol. The van der Waals surface area contributed by atoms with Gasteiger partial charge in [0.2, 0.25) is 0 Å². The fourth-order valence-corrected chi connectivity index (χ4v) is 2.69. The third kappa shape index (κ3) is 5.02. The number of ketones is 1. The van der Waals surface area contributed by atoms with Crippen molar-refractivity contribution in [3.8, 4) is 0 Å². The van der Waals surface area contributed by atoms with Gasteiger partial charge in [0.15, 0.2) is 10.8 Å². The normalized spacial score (nSPS) is 19.8. The molecule has 0 amide bonds. The van der Waals surface area contributed by atoms with E-state index in [0.29, 0.717) is 18.6 Å². The Morgan fingerprint density at radius 3 is 2.40 bits per heavy atom. The van der Waals surface area contributed by atoms with Crippen LogP contribution in [0.5, 0.6) is 0 Å². The molecule has 0 aliphatic heterocycles. The van der Waals surface area contributed by atoms with E-state index in [1.54, 1.807) is 24.3 Å². The van der Waals surface area contributed by atoms with Gasteiger partial charge in [0.25, 0.3) is 0 Å². The predicted octanol–water partition coefficient (Wildman–Crippen LogP) is 5.46. The smallest absolute Gasteiger partial charge is 0.185 e. The van der Waals surface area contributed by atoms with E-state index in [0.717, 1.165) is 11.1 Å². The molecular weight excluding hydrogens is 332 g/mol. The van der Waals surface area contributed by atoms with Crippen molar-refractivity contribution in [1.82, 2.24) is 0 Å². The Kier molecular flexibility index (Phi) is 5.64. The Morgan fingerprint density at radius 2 is 1.76 bits per heavy atom. The molecule has 1 atom stereocenters. The molecular formula is C22H19ClO2. The number of hydrogen-bond acceptors (Lipinski definition) is 2. The molecule has 1 aliphatic carbocycles. The maximum absolute atomic E-state index is 12.1. The van der Waals surface area contributed by atoms with Crippen LogP contribution >= 0.6 is 11.6 Å². The van der Waals surface area contributed by atoms with Crippen LogP contribution in [0.1, 0.15) is 22.3 Å². The first-order chi connectivity index (χ1) is 12.1. The molecule has 0 saturated carbocycles. The number of alkyl halides is 1. The highest BCUT2D eigenvalue weighted by atomic mass is 35.5. The number of rotatable bonds is 6. The van der Waals surface area contributed by atoms with Gasteiger partial charge >= 0.3 is 0 Å². The molecule has 0 N–H and O–H groups in total. The average Bonchev–Trinajstić information content (AvgIpc) is 2.67. The number of halogens is 1. The maximum atomic E-state index is 12.1. The van der Waals surface area contributed by atoms with E-state index in [4.69, 9.17) is 16.3 Å². The molecule has 2 aromatic carbocycles. The van der Waals surface area contributed by atoms with Crippen LogP contribution in [0.4, 0.5) is 0 Å². The molecule has 1 aliphatic rings. The first kappa shape index (κ1) is 17.4. The van der Waals surface area contributed by atoms with Gasteiger partial charge in [-0.25, -0.2) is 0 Å². The summed E-state index contributed by atoms with van der Waals surface area (Å²) in [7, 11) is 0. The SMILES string of the molecule is O=C(C=CC1=CCC(Cl)(OCc2ccccc2)C=C1)c1ccccc1. The minimum Gasteiger partial charge on any atom is -0.351 e. The van der Waals surface area contributed by atoms with Crippen LogP contribution in [0.2, 0.25) is 0 Å². The van der Waals surface area contributed by atoms with E-state index in [2.05, 4.69) is 0 Å². The van der Waals surface area contributed by atoms with Crippen LogP contribution in [0.15, 0.2) is 96.6 Å². The number of allylic oxidation sites excluding steroid dienone is 4. The average molecular weight is 351 g/mol. The van der Waals surface area contributed by atoms with E-state index in [-0.39, 0.29) is 5.78 Å². The number of carbonyl (C=O) groups excluding carboxylic acids is 1. The summed E-state index contributed by atoms with van der Waals surface area (Å²) >= 11 is 6.50. The van der Waals surface area contributed by atoms with Gasteiger partial charge in [-0.05, 0) is 23.3 Å². The van der Waals surface area contributed by atoms with Crippen LogP contribution in [0.25, 0.3) is 0 Å². The van der Waals surface area contributed by atoms with Gasteiger partial charge < -0.3 is 4.74 Å². The lowest BCUT2D eigenvalue weighted by Gasteiger charge is -2.25. The number of hydrogen-bond donors (Lipinski definition) is 0. The zero-order valence-electron chi connectivity index (χ0n) is 13.8. The van der Waals surface area contributed by atoms with E-state index < -0.39 is 5.06 Å². The Labute approximate surface area is 153 Å². The zero-order valence-corrected chi connectivity index (χ0v) is 14.5. The minimum atomic E-state index is -0.837. The van der Waals surface area contributed by atoms with Crippen LogP contribution in [-0.4, -0.2) is 10.8 Å². The Bertz CT molecular complexity index is 806. The summed E-state index contributed by atoms with van der Waals surface area (Å²) in [5.74, 6) is -0.0158. The van der Waals surface area contributed by atoms with Crippen molar-refractivity contribution in [3.63, 3.8) is 0 Å². The maximum Gasteiger partial charge on any atom is 0.185 e. The standard InChI is InChI=1S/C22H19ClO2/c23-22(25-17-19-7-3-1-4-8-19)15-13-18(14-16-22)11-12-21(24)20-9-5-2-6-10-20/h1-15H,16-17H2. The lowest BCUT2D eigenvalue weighted by molar-refractivity contribution is 0.0418. The van der Waals surface area contributed by atoms with Gasteiger partial charge in [-0.2, -0.15) is 0 Å². The Hall–Kier alpha value is -2.42. The molecule has 0 bridgehead atoms. The fourth-order valence-electron chi connectivity index (χ4n) is 2.49. The molecule has 0 fully saturated rings. The molecule has 0 radical (unpaired) electrons. The van der Waals surface area contributed by atoms with Gasteiger partial charge in [-0.15, -0.1) is 0 Å². The van der Waals surface area contributed by atoms with Crippen molar-refractivity contribution in [2.75, 3.05) is 0 Å². The van der Waals surface area contributed by atoms with Gasteiger partial charge in [-0.1, -0.05) is 90.5 Å². The number of carbonyl (C=O) groups is 1. The molecule has 2 nitrogen and oxygen atoms in total. The third-order valence-electron chi connectivity index (χ3n) is 3.95. The number of ether oxygens (including phenoxy) is 1. The van der Waals surface area contributed by atoms with Gasteiger partial charge in [0.05, 0.1) is 6.61 Å². The quantitative estimate of drug-likeness (QED) is 0.392. The monoisotopic (exact) mass is 350 g/mol. The van der Waals surface area contributed by atoms with Crippen molar-refractivity contribution in [2.45, 2.75) is 18.1 Å². The van der Waals surface area contributed by atoms with Crippen LogP contribution < -0.4 is 0 Å². The van der Waals surface area contributed by atoms with Gasteiger partial charge in [0, 0.05) is 12.0 Å². The summed E-state index contributed by atoms with van der Waals surface area (Å²) < 4.78 is 5.84. The summed E-state index contributed by atoms with van der Waals surface area (Å²) in [5, 5.41) is -0.837. The van der Waals surface area contributed by atoms with Gasteiger partial charge in [0.1, 0.15) is 0 Å². The van der Waals surface area contributed by atoms with Crippen molar-refractivity contribution in [1.29, 1.82) is 0 Å². The lowest BCUT2D eigenvalue weighted by atomic mass is 10.0. The van der Waals surface area contributed by atoms with E-state index >= 15 is 0 Å². The molecule has 2 aromatic rings. The summed E-state index contributed by atoms with van der Waals surface area (Å²) in [5.41, 5.74) is 2.71. The Balaban J connectivity index is 1.56. The summed E-state index contributed by atoms with van der Waals surface area (Å²) in [4.78, 5) is 12.1. The lowest BCUT2D eigenvalue weighted by Crippen LogP contribution is -2.23.